The first-order valence-corrected chi connectivity index (χ1v) is 6.31. The summed E-state index contributed by atoms with van der Waals surface area (Å²) in [6.45, 7) is 0. The zero-order chi connectivity index (χ0) is 15.4. The summed E-state index contributed by atoms with van der Waals surface area (Å²) in [5.74, 6) is -2.39. The van der Waals surface area contributed by atoms with E-state index >= 15 is 0 Å². The van der Waals surface area contributed by atoms with Crippen LogP contribution in [0.4, 0.5) is 14.5 Å². The summed E-state index contributed by atoms with van der Waals surface area (Å²) in [6, 6.07) is 9.63. The maximum absolute atomic E-state index is 13.0. The molecular formula is C15H9ClF2N2O. The Bertz CT molecular complexity index is 741. The lowest BCUT2D eigenvalue weighted by atomic mass is 10.1. The van der Waals surface area contributed by atoms with Gasteiger partial charge in [-0.3, -0.25) is 4.79 Å². The van der Waals surface area contributed by atoms with Crippen molar-refractivity contribution in [3.05, 3.63) is 64.2 Å². The largest absolute Gasteiger partial charge is 0.324 e. The number of amides is 1. The summed E-state index contributed by atoms with van der Waals surface area (Å²) >= 11 is 5.93. The molecule has 0 saturated carbocycles. The average molecular weight is 307 g/mol. The standard InChI is InChI=1S/C15H9ClF2N2O/c16-11-5-10(8-19)2-4-14(11)20-15(21)7-9-1-3-12(17)13(18)6-9/h1-6H,7H2,(H,20,21). The molecule has 6 heteroatoms. The number of rotatable bonds is 3. The molecule has 2 aromatic carbocycles. The molecule has 1 N–H and O–H groups in total. The Hall–Kier alpha value is -2.45. The number of anilines is 1. The van der Waals surface area contributed by atoms with Gasteiger partial charge in [0.2, 0.25) is 5.91 Å². The topological polar surface area (TPSA) is 52.9 Å². The second-order valence-corrected chi connectivity index (χ2v) is 4.69. The van der Waals surface area contributed by atoms with Gasteiger partial charge in [-0.25, -0.2) is 8.78 Å². The zero-order valence-corrected chi connectivity index (χ0v) is 11.4. The monoisotopic (exact) mass is 306 g/mol. The van der Waals surface area contributed by atoms with Crippen LogP contribution >= 0.6 is 11.6 Å². The van der Waals surface area contributed by atoms with E-state index in [0.717, 1.165) is 12.1 Å². The second kappa shape index (κ2) is 6.33. The first-order valence-electron chi connectivity index (χ1n) is 5.93. The Morgan fingerprint density at radius 1 is 1.19 bits per heavy atom. The number of nitrogens with zero attached hydrogens (tertiary/aromatic N) is 1. The normalized spacial score (nSPS) is 10.0. The third kappa shape index (κ3) is 3.77. The van der Waals surface area contributed by atoms with E-state index < -0.39 is 17.5 Å². The van der Waals surface area contributed by atoms with Crippen molar-refractivity contribution < 1.29 is 13.6 Å². The summed E-state index contributed by atoms with van der Waals surface area (Å²) in [5.41, 5.74) is 1.07. The van der Waals surface area contributed by atoms with E-state index in [1.807, 2.05) is 6.07 Å². The van der Waals surface area contributed by atoms with Gasteiger partial charge in [-0.15, -0.1) is 0 Å². The molecule has 106 valence electrons. The third-order valence-corrected chi connectivity index (χ3v) is 3.03. The molecule has 1 amide bonds. The van der Waals surface area contributed by atoms with Gasteiger partial charge in [-0.1, -0.05) is 17.7 Å². The van der Waals surface area contributed by atoms with Crippen LogP contribution in [0, 0.1) is 23.0 Å². The number of halogens is 3. The summed E-state index contributed by atoms with van der Waals surface area (Å²) in [6.07, 6.45) is -0.118. The van der Waals surface area contributed by atoms with Crippen LogP contribution in [0.2, 0.25) is 5.02 Å². The number of nitriles is 1. The van der Waals surface area contributed by atoms with Gasteiger partial charge in [-0.05, 0) is 35.9 Å². The van der Waals surface area contributed by atoms with Gasteiger partial charge in [0.1, 0.15) is 0 Å². The summed E-state index contributed by atoms with van der Waals surface area (Å²) < 4.78 is 25.8. The highest BCUT2D eigenvalue weighted by Crippen LogP contribution is 2.23. The van der Waals surface area contributed by atoms with E-state index in [2.05, 4.69) is 5.32 Å². The van der Waals surface area contributed by atoms with E-state index in [-0.39, 0.29) is 11.4 Å². The molecule has 3 nitrogen and oxygen atoms in total. The Labute approximate surface area is 124 Å². The van der Waals surface area contributed by atoms with Crippen LogP contribution in [0.3, 0.4) is 0 Å². The highest BCUT2D eigenvalue weighted by molar-refractivity contribution is 6.33. The van der Waals surface area contributed by atoms with Crippen LogP contribution in [-0.2, 0) is 11.2 Å². The highest BCUT2D eigenvalue weighted by Gasteiger charge is 2.09. The van der Waals surface area contributed by atoms with Crippen LogP contribution in [0.25, 0.3) is 0 Å². The molecule has 0 aliphatic rings. The molecule has 0 fully saturated rings. The molecule has 0 aromatic heterocycles. The van der Waals surface area contributed by atoms with Crippen molar-refractivity contribution in [2.45, 2.75) is 6.42 Å². The number of carbonyl (C=O) groups excluding carboxylic acids is 1. The molecule has 0 spiro atoms. The first kappa shape index (κ1) is 14.9. The Morgan fingerprint density at radius 3 is 2.57 bits per heavy atom. The maximum Gasteiger partial charge on any atom is 0.228 e. The summed E-state index contributed by atoms with van der Waals surface area (Å²) in [4.78, 5) is 11.8. The van der Waals surface area contributed by atoms with Gasteiger partial charge < -0.3 is 5.32 Å². The lowest BCUT2D eigenvalue weighted by Crippen LogP contribution is -2.15. The van der Waals surface area contributed by atoms with Gasteiger partial charge in [0.05, 0.1) is 28.8 Å². The molecule has 0 radical (unpaired) electrons. The molecule has 2 rings (SSSR count). The van der Waals surface area contributed by atoms with Crippen molar-refractivity contribution in [2.75, 3.05) is 5.32 Å². The number of nitrogens with one attached hydrogen (secondary N) is 1. The maximum atomic E-state index is 13.0. The molecule has 21 heavy (non-hydrogen) atoms. The fourth-order valence-electron chi connectivity index (χ4n) is 1.72. The lowest BCUT2D eigenvalue weighted by molar-refractivity contribution is -0.115. The molecule has 2 aromatic rings. The van der Waals surface area contributed by atoms with Gasteiger partial charge in [-0.2, -0.15) is 5.26 Å². The molecule has 0 bridgehead atoms. The van der Waals surface area contributed by atoms with Crippen LogP contribution in [0.15, 0.2) is 36.4 Å². The highest BCUT2D eigenvalue weighted by atomic mass is 35.5. The second-order valence-electron chi connectivity index (χ2n) is 4.28. The molecule has 0 aliphatic carbocycles. The van der Waals surface area contributed by atoms with E-state index in [1.165, 1.54) is 24.3 Å². The van der Waals surface area contributed by atoms with E-state index in [9.17, 15) is 13.6 Å². The molecule has 0 unspecified atom stereocenters. The summed E-state index contributed by atoms with van der Waals surface area (Å²) in [5, 5.41) is 11.5. The van der Waals surface area contributed by atoms with Crippen LogP contribution in [-0.4, -0.2) is 5.91 Å². The SMILES string of the molecule is N#Cc1ccc(NC(=O)Cc2ccc(F)c(F)c2)c(Cl)c1. The van der Waals surface area contributed by atoms with Crippen LogP contribution in [0.1, 0.15) is 11.1 Å². The van der Waals surface area contributed by atoms with Crippen molar-refractivity contribution in [1.82, 2.24) is 0 Å². The van der Waals surface area contributed by atoms with Gasteiger partial charge in [0.15, 0.2) is 11.6 Å². The van der Waals surface area contributed by atoms with Crippen molar-refractivity contribution in [1.29, 1.82) is 5.26 Å². The fourth-order valence-corrected chi connectivity index (χ4v) is 1.94. The van der Waals surface area contributed by atoms with Crippen LogP contribution in [0.5, 0.6) is 0 Å². The molecule has 0 aliphatic heterocycles. The average Bonchev–Trinajstić information content (AvgIpc) is 2.45. The number of carbonyl (C=O) groups is 1. The van der Waals surface area contributed by atoms with Gasteiger partial charge >= 0.3 is 0 Å². The van der Waals surface area contributed by atoms with E-state index in [4.69, 9.17) is 16.9 Å². The number of benzene rings is 2. The van der Waals surface area contributed by atoms with Crippen molar-refractivity contribution in [2.24, 2.45) is 0 Å². The zero-order valence-electron chi connectivity index (χ0n) is 10.7. The predicted molar refractivity (Wildman–Crippen MR) is 74.9 cm³/mol. The third-order valence-electron chi connectivity index (χ3n) is 2.72. The fraction of sp³-hybridized carbons (Fsp3) is 0.0667. The van der Waals surface area contributed by atoms with E-state index in [0.29, 0.717) is 16.8 Å². The smallest absolute Gasteiger partial charge is 0.228 e. The van der Waals surface area contributed by atoms with Gasteiger partial charge in [0, 0.05) is 0 Å². The molecular weight excluding hydrogens is 298 g/mol. The molecule has 0 heterocycles. The Kier molecular flexibility index (Phi) is 4.51. The van der Waals surface area contributed by atoms with Crippen molar-refractivity contribution >= 4 is 23.2 Å². The van der Waals surface area contributed by atoms with Crippen molar-refractivity contribution in [3.63, 3.8) is 0 Å². The molecule has 0 atom stereocenters. The molecule has 0 saturated heterocycles. The minimum absolute atomic E-state index is 0.118. The Balaban J connectivity index is 2.08. The first-order chi connectivity index (χ1) is 9.99. The van der Waals surface area contributed by atoms with E-state index in [1.54, 1.807) is 0 Å². The van der Waals surface area contributed by atoms with Gasteiger partial charge in [0.25, 0.3) is 0 Å². The lowest BCUT2D eigenvalue weighted by Gasteiger charge is -2.07. The van der Waals surface area contributed by atoms with Crippen molar-refractivity contribution in [3.8, 4) is 6.07 Å². The Morgan fingerprint density at radius 2 is 1.95 bits per heavy atom. The van der Waals surface area contributed by atoms with Crippen LogP contribution < -0.4 is 5.32 Å². The quantitative estimate of drug-likeness (QED) is 0.940. The summed E-state index contributed by atoms with van der Waals surface area (Å²) in [7, 11) is 0. The predicted octanol–water partition coefficient (Wildman–Crippen LogP) is 3.67. The minimum atomic E-state index is -1.00. The minimum Gasteiger partial charge on any atom is -0.324 e. The number of hydrogen-bond acceptors (Lipinski definition) is 2. The number of hydrogen-bond donors (Lipinski definition) is 1.